The van der Waals surface area contributed by atoms with E-state index in [0.717, 1.165) is 0 Å². The van der Waals surface area contributed by atoms with Crippen LogP contribution in [-0.2, 0) is 14.3 Å². The van der Waals surface area contributed by atoms with Crippen molar-refractivity contribution in [2.24, 2.45) is 0 Å². The third-order valence-corrected chi connectivity index (χ3v) is 4.16. The van der Waals surface area contributed by atoms with E-state index >= 15 is 0 Å². The van der Waals surface area contributed by atoms with Crippen molar-refractivity contribution in [1.29, 1.82) is 0 Å². The van der Waals surface area contributed by atoms with Crippen molar-refractivity contribution in [3.05, 3.63) is 53.6 Å². The molecule has 0 bridgehead atoms. The number of aliphatic hydroxyl groups excluding tert-OH is 1. The quantitative estimate of drug-likeness (QED) is 0.345. The number of rotatable bonds is 10. The Morgan fingerprint density at radius 3 is 2.43 bits per heavy atom. The molecule has 8 heteroatoms. The summed E-state index contributed by atoms with van der Waals surface area (Å²) in [6.07, 6.45) is 0.733. The van der Waals surface area contributed by atoms with Crippen molar-refractivity contribution in [2.45, 2.75) is 19.1 Å². The Balaban J connectivity index is 2.39. The number of carbonyl (C=O) groups excluding carboxylic acids is 2. The Morgan fingerprint density at radius 1 is 1.07 bits per heavy atom. The van der Waals surface area contributed by atoms with E-state index in [1.54, 1.807) is 31.2 Å². The SMILES string of the molecule is CCOC(=O)C(Oc1ccc(/C=C/C=O)cc1OC)C(O)c1ccc(O)c(OC)c1. The lowest BCUT2D eigenvalue weighted by molar-refractivity contribution is -0.157. The Labute approximate surface area is 174 Å². The molecule has 2 aromatic carbocycles. The van der Waals surface area contributed by atoms with Crippen LogP contribution in [-0.4, -0.2) is 49.4 Å². The van der Waals surface area contributed by atoms with E-state index in [1.165, 1.54) is 38.5 Å². The smallest absolute Gasteiger partial charge is 0.350 e. The van der Waals surface area contributed by atoms with E-state index in [1.807, 2.05) is 0 Å². The van der Waals surface area contributed by atoms with E-state index in [-0.39, 0.29) is 29.4 Å². The highest BCUT2D eigenvalue weighted by molar-refractivity contribution is 5.77. The van der Waals surface area contributed by atoms with Crippen molar-refractivity contribution in [2.75, 3.05) is 20.8 Å². The summed E-state index contributed by atoms with van der Waals surface area (Å²) >= 11 is 0. The van der Waals surface area contributed by atoms with E-state index in [9.17, 15) is 19.8 Å². The van der Waals surface area contributed by atoms with Gasteiger partial charge in [-0.1, -0.05) is 18.2 Å². The summed E-state index contributed by atoms with van der Waals surface area (Å²) in [4.78, 5) is 23.0. The van der Waals surface area contributed by atoms with Crippen LogP contribution in [0.5, 0.6) is 23.0 Å². The fourth-order valence-electron chi connectivity index (χ4n) is 2.69. The van der Waals surface area contributed by atoms with Gasteiger partial charge in [0.15, 0.2) is 23.0 Å². The summed E-state index contributed by atoms with van der Waals surface area (Å²) < 4.78 is 21.2. The summed E-state index contributed by atoms with van der Waals surface area (Å²) in [7, 11) is 2.80. The summed E-state index contributed by atoms with van der Waals surface area (Å²) in [6.45, 7) is 1.73. The molecule has 0 saturated heterocycles. The first-order chi connectivity index (χ1) is 14.4. The number of methoxy groups -OCH3 is 2. The predicted molar refractivity (Wildman–Crippen MR) is 109 cm³/mol. The van der Waals surface area contributed by atoms with Crippen molar-refractivity contribution >= 4 is 18.3 Å². The molecule has 2 rings (SSSR count). The standard InChI is InChI=1S/C22H24O8/c1-4-29-22(26)21(20(25)15-8-9-16(24)18(13-15)27-2)30-17-10-7-14(6-5-11-23)12-19(17)28-3/h5-13,20-21,24-25H,4H2,1-3H3/b6-5+. The van der Waals surface area contributed by atoms with E-state index in [0.29, 0.717) is 17.6 Å². The van der Waals surface area contributed by atoms with Gasteiger partial charge in [0.25, 0.3) is 0 Å². The van der Waals surface area contributed by atoms with Gasteiger partial charge in [-0.2, -0.15) is 0 Å². The largest absolute Gasteiger partial charge is 0.504 e. The third-order valence-electron chi connectivity index (χ3n) is 4.16. The van der Waals surface area contributed by atoms with Crippen LogP contribution in [0.15, 0.2) is 42.5 Å². The molecule has 2 atom stereocenters. The first kappa shape index (κ1) is 22.8. The number of aldehydes is 1. The maximum absolute atomic E-state index is 12.5. The zero-order chi connectivity index (χ0) is 22.1. The minimum atomic E-state index is -1.42. The molecule has 160 valence electrons. The molecular weight excluding hydrogens is 392 g/mol. The van der Waals surface area contributed by atoms with Crippen molar-refractivity contribution in [1.82, 2.24) is 0 Å². The molecule has 0 amide bonds. The van der Waals surface area contributed by atoms with Crippen molar-refractivity contribution in [3.8, 4) is 23.0 Å². The highest BCUT2D eigenvalue weighted by atomic mass is 16.6. The molecule has 0 aromatic heterocycles. The van der Waals surface area contributed by atoms with Gasteiger partial charge in [-0.25, -0.2) is 4.79 Å². The molecule has 0 spiro atoms. The maximum atomic E-state index is 12.5. The molecule has 0 aliphatic heterocycles. The molecule has 0 fully saturated rings. The van der Waals surface area contributed by atoms with Crippen LogP contribution in [0, 0.1) is 0 Å². The number of ether oxygens (including phenoxy) is 4. The number of aliphatic hydroxyl groups is 1. The minimum Gasteiger partial charge on any atom is -0.504 e. The second-order valence-corrected chi connectivity index (χ2v) is 6.07. The summed E-state index contributed by atoms with van der Waals surface area (Å²) in [5.41, 5.74) is 0.968. The van der Waals surface area contributed by atoms with Crippen LogP contribution in [0.1, 0.15) is 24.2 Å². The fourth-order valence-corrected chi connectivity index (χ4v) is 2.69. The molecule has 0 radical (unpaired) electrons. The highest BCUT2D eigenvalue weighted by Crippen LogP contribution is 2.34. The van der Waals surface area contributed by atoms with Gasteiger partial charge in [0.05, 0.1) is 20.8 Å². The Morgan fingerprint density at radius 2 is 1.80 bits per heavy atom. The van der Waals surface area contributed by atoms with E-state index in [4.69, 9.17) is 18.9 Å². The number of esters is 1. The lowest BCUT2D eigenvalue weighted by Gasteiger charge is -2.24. The van der Waals surface area contributed by atoms with Gasteiger partial charge in [0.2, 0.25) is 6.10 Å². The zero-order valence-electron chi connectivity index (χ0n) is 16.9. The minimum absolute atomic E-state index is 0.0941. The van der Waals surface area contributed by atoms with E-state index < -0.39 is 18.2 Å². The predicted octanol–water partition coefficient (Wildman–Crippen LogP) is 2.67. The number of hydrogen-bond acceptors (Lipinski definition) is 8. The average Bonchev–Trinajstić information content (AvgIpc) is 2.76. The number of phenols is 1. The van der Waals surface area contributed by atoms with Gasteiger partial charge in [-0.05, 0) is 48.4 Å². The molecule has 30 heavy (non-hydrogen) atoms. The molecule has 2 unspecified atom stereocenters. The Hall–Kier alpha value is -3.52. The second-order valence-electron chi connectivity index (χ2n) is 6.07. The first-order valence-electron chi connectivity index (χ1n) is 9.13. The third kappa shape index (κ3) is 5.51. The summed E-state index contributed by atoms with van der Waals surface area (Å²) in [5, 5.41) is 20.6. The van der Waals surface area contributed by atoms with Gasteiger partial charge in [-0.3, -0.25) is 4.79 Å². The van der Waals surface area contributed by atoms with Crippen molar-refractivity contribution in [3.63, 3.8) is 0 Å². The van der Waals surface area contributed by atoms with Gasteiger partial charge in [0, 0.05) is 0 Å². The van der Waals surface area contributed by atoms with Gasteiger partial charge in [0.1, 0.15) is 12.4 Å². The van der Waals surface area contributed by atoms with Crippen LogP contribution in [0.4, 0.5) is 0 Å². The van der Waals surface area contributed by atoms with Crippen LogP contribution >= 0.6 is 0 Å². The normalized spacial score (nSPS) is 12.8. The number of allylic oxidation sites excluding steroid dienone is 1. The number of carbonyl (C=O) groups is 2. The van der Waals surface area contributed by atoms with Gasteiger partial charge < -0.3 is 29.2 Å². The molecule has 2 aromatic rings. The monoisotopic (exact) mass is 416 g/mol. The summed E-state index contributed by atoms with van der Waals surface area (Å²) in [5.74, 6) is -0.249. The second kappa shape index (κ2) is 10.9. The Bertz CT molecular complexity index is 906. The van der Waals surface area contributed by atoms with Crippen LogP contribution in [0.2, 0.25) is 0 Å². The first-order valence-corrected chi connectivity index (χ1v) is 9.13. The zero-order valence-corrected chi connectivity index (χ0v) is 16.9. The number of hydrogen-bond donors (Lipinski definition) is 2. The molecule has 0 aliphatic rings. The molecule has 0 saturated carbocycles. The number of phenolic OH excluding ortho intramolecular Hbond substituents is 1. The maximum Gasteiger partial charge on any atom is 0.350 e. The molecule has 0 heterocycles. The lowest BCUT2D eigenvalue weighted by Crippen LogP contribution is -2.35. The lowest BCUT2D eigenvalue weighted by atomic mass is 10.0. The fraction of sp³-hybridized carbons (Fsp3) is 0.273. The van der Waals surface area contributed by atoms with E-state index in [2.05, 4.69) is 0 Å². The highest BCUT2D eigenvalue weighted by Gasteiger charge is 2.33. The van der Waals surface area contributed by atoms with Crippen molar-refractivity contribution < 1.29 is 38.7 Å². The van der Waals surface area contributed by atoms with Gasteiger partial charge in [-0.15, -0.1) is 0 Å². The molecular formula is C22H24O8. The topological polar surface area (TPSA) is 112 Å². The number of aromatic hydroxyl groups is 1. The number of benzene rings is 2. The van der Waals surface area contributed by atoms with Crippen LogP contribution < -0.4 is 14.2 Å². The molecule has 8 nitrogen and oxygen atoms in total. The molecule has 0 aliphatic carbocycles. The molecule has 2 N–H and O–H groups in total. The van der Waals surface area contributed by atoms with Crippen LogP contribution in [0.3, 0.4) is 0 Å². The average molecular weight is 416 g/mol. The van der Waals surface area contributed by atoms with Crippen LogP contribution in [0.25, 0.3) is 6.08 Å². The Kier molecular flexibility index (Phi) is 8.25. The summed E-state index contributed by atoms with van der Waals surface area (Å²) in [6, 6.07) is 9.03. The van der Waals surface area contributed by atoms with Gasteiger partial charge >= 0.3 is 5.97 Å².